The summed E-state index contributed by atoms with van der Waals surface area (Å²) >= 11 is 0. The van der Waals surface area contributed by atoms with Gasteiger partial charge in [-0.3, -0.25) is 0 Å². The van der Waals surface area contributed by atoms with Gasteiger partial charge in [-0.15, -0.1) is 6.58 Å². The van der Waals surface area contributed by atoms with E-state index in [2.05, 4.69) is 6.58 Å². The molecule has 1 aromatic carbocycles. The summed E-state index contributed by atoms with van der Waals surface area (Å²) in [4.78, 5) is 0. The SMILES string of the molecule is C=C(C)C[C@H](N)c1cccc(O)c1O. The molecule has 76 valence electrons. The second-order valence-electron chi connectivity index (χ2n) is 3.48. The summed E-state index contributed by atoms with van der Waals surface area (Å²) in [5, 5.41) is 18.8. The van der Waals surface area contributed by atoms with Crippen LogP contribution in [0.4, 0.5) is 0 Å². The molecule has 1 aromatic rings. The summed E-state index contributed by atoms with van der Waals surface area (Å²) in [5.41, 5.74) is 7.33. The third-order valence-corrected chi connectivity index (χ3v) is 2.01. The van der Waals surface area contributed by atoms with E-state index >= 15 is 0 Å². The van der Waals surface area contributed by atoms with Crippen LogP contribution in [-0.4, -0.2) is 10.2 Å². The minimum absolute atomic E-state index is 0.138. The van der Waals surface area contributed by atoms with Gasteiger partial charge in [0.15, 0.2) is 11.5 Å². The Labute approximate surface area is 83.5 Å². The summed E-state index contributed by atoms with van der Waals surface area (Å²) in [6.07, 6.45) is 0.594. The molecule has 0 fully saturated rings. The van der Waals surface area contributed by atoms with Crippen LogP contribution >= 0.6 is 0 Å². The van der Waals surface area contributed by atoms with Gasteiger partial charge in [-0.2, -0.15) is 0 Å². The van der Waals surface area contributed by atoms with Gasteiger partial charge < -0.3 is 15.9 Å². The summed E-state index contributed by atoms with van der Waals surface area (Å²) in [5.74, 6) is -0.277. The predicted molar refractivity (Wildman–Crippen MR) is 56.1 cm³/mol. The topological polar surface area (TPSA) is 66.5 Å². The molecule has 1 atom stereocenters. The number of para-hydroxylation sites is 1. The minimum Gasteiger partial charge on any atom is -0.504 e. The fourth-order valence-corrected chi connectivity index (χ4v) is 1.33. The van der Waals surface area contributed by atoms with E-state index in [1.54, 1.807) is 12.1 Å². The molecule has 0 radical (unpaired) electrons. The summed E-state index contributed by atoms with van der Waals surface area (Å²) in [6, 6.07) is 4.46. The van der Waals surface area contributed by atoms with Crippen LogP contribution < -0.4 is 5.73 Å². The van der Waals surface area contributed by atoms with Crippen LogP contribution in [0.2, 0.25) is 0 Å². The van der Waals surface area contributed by atoms with E-state index in [1.807, 2.05) is 6.92 Å². The number of benzene rings is 1. The largest absolute Gasteiger partial charge is 0.504 e. The summed E-state index contributed by atoms with van der Waals surface area (Å²) in [7, 11) is 0. The zero-order valence-electron chi connectivity index (χ0n) is 8.20. The van der Waals surface area contributed by atoms with Crippen LogP contribution in [0.5, 0.6) is 11.5 Å². The lowest BCUT2D eigenvalue weighted by Gasteiger charge is -2.13. The molecule has 1 rings (SSSR count). The number of nitrogens with two attached hydrogens (primary N) is 1. The molecule has 3 nitrogen and oxygen atoms in total. The van der Waals surface area contributed by atoms with Gasteiger partial charge in [-0.1, -0.05) is 17.7 Å². The maximum atomic E-state index is 9.52. The number of hydrogen-bond donors (Lipinski definition) is 3. The van der Waals surface area contributed by atoms with E-state index in [0.29, 0.717) is 12.0 Å². The van der Waals surface area contributed by atoms with Crippen molar-refractivity contribution in [2.45, 2.75) is 19.4 Å². The van der Waals surface area contributed by atoms with E-state index < -0.39 is 0 Å². The van der Waals surface area contributed by atoms with Crippen molar-refractivity contribution in [1.82, 2.24) is 0 Å². The average molecular weight is 193 g/mol. The molecule has 0 spiro atoms. The molecule has 14 heavy (non-hydrogen) atoms. The molecular weight excluding hydrogens is 178 g/mol. The zero-order chi connectivity index (χ0) is 10.7. The molecular formula is C11H15NO2. The lowest BCUT2D eigenvalue weighted by Crippen LogP contribution is -2.10. The number of phenols is 2. The number of rotatable bonds is 3. The third kappa shape index (κ3) is 2.26. The Balaban J connectivity index is 2.95. The van der Waals surface area contributed by atoms with E-state index in [9.17, 15) is 10.2 Å². The number of phenolic OH excluding ortho intramolecular Hbond substituents is 2. The van der Waals surface area contributed by atoms with E-state index in [1.165, 1.54) is 6.07 Å². The smallest absolute Gasteiger partial charge is 0.162 e. The summed E-state index contributed by atoms with van der Waals surface area (Å²) < 4.78 is 0. The van der Waals surface area contributed by atoms with Gasteiger partial charge in [-0.25, -0.2) is 0 Å². The predicted octanol–water partition coefficient (Wildman–Crippen LogP) is 2.06. The summed E-state index contributed by atoms with van der Waals surface area (Å²) in [6.45, 7) is 5.62. The second-order valence-corrected chi connectivity index (χ2v) is 3.48. The van der Waals surface area contributed by atoms with Gasteiger partial charge in [0, 0.05) is 11.6 Å². The van der Waals surface area contributed by atoms with Crippen LogP contribution in [0.25, 0.3) is 0 Å². The Hall–Kier alpha value is -1.48. The second kappa shape index (κ2) is 4.15. The van der Waals surface area contributed by atoms with Crippen molar-refractivity contribution in [3.05, 3.63) is 35.9 Å². The van der Waals surface area contributed by atoms with E-state index in [4.69, 9.17) is 5.73 Å². The van der Waals surface area contributed by atoms with E-state index in [-0.39, 0.29) is 17.5 Å². The molecule has 3 heteroatoms. The Bertz CT molecular complexity index is 347. The molecule has 0 aliphatic carbocycles. The zero-order valence-corrected chi connectivity index (χ0v) is 8.20. The van der Waals surface area contributed by atoms with Gasteiger partial charge in [0.25, 0.3) is 0 Å². The molecule has 0 amide bonds. The quantitative estimate of drug-likeness (QED) is 0.508. The molecule has 0 aromatic heterocycles. The maximum Gasteiger partial charge on any atom is 0.162 e. The van der Waals surface area contributed by atoms with Crippen LogP contribution in [-0.2, 0) is 0 Å². The minimum atomic E-state index is -0.320. The molecule has 0 unspecified atom stereocenters. The molecule has 0 saturated heterocycles. The number of aromatic hydroxyl groups is 2. The molecule has 0 bridgehead atoms. The van der Waals surface area contributed by atoms with Crippen LogP contribution in [0.1, 0.15) is 24.9 Å². The van der Waals surface area contributed by atoms with Crippen molar-refractivity contribution in [2.24, 2.45) is 5.73 Å². The Morgan fingerprint density at radius 3 is 2.71 bits per heavy atom. The number of hydrogen-bond acceptors (Lipinski definition) is 3. The standard InChI is InChI=1S/C11H15NO2/c1-7(2)6-9(12)8-4-3-5-10(13)11(8)14/h3-5,9,13-14H,1,6,12H2,2H3/t9-/m0/s1. The van der Waals surface area contributed by atoms with Crippen molar-refractivity contribution in [1.29, 1.82) is 0 Å². The first-order valence-corrected chi connectivity index (χ1v) is 4.43. The fraction of sp³-hybridized carbons (Fsp3) is 0.273. The fourth-order valence-electron chi connectivity index (χ4n) is 1.33. The van der Waals surface area contributed by atoms with Gasteiger partial charge in [0.05, 0.1) is 0 Å². The lowest BCUT2D eigenvalue weighted by molar-refractivity contribution is 0.396. The van der Waals surface area contributed by atoms with Gasteiger partial charge >= 0.3 is 0 Å². The molecule has 0 heterocycles. The van der Waals surface area contributed by atoms with Crippen LogP contribution in [0.3, 0.4) is 0 Å². The van der Waals surface area contributed by atoms with Crippen molar-refractivity contribution >= 4 is 0 Å². The lowest BCUT2D eigenvalue weighted by atomic mass is 10.00. The van der Waals surface area contributed by atoms with Crippen molar-refractivity contribution < 1.29 is 10.2 Å². The highest BCUT2D eigenvalue weighted by molar-refractivity contribution is 5.46. The molecule has 0 saturated carbocycles. The average Bonchev–Trinajstić information content (AvgIpc) is 2.08. The molecule has 0 aliphatic heterocycles. The third-order valence-electron chi connectivity index (χ3n) is 2.01. The first-order chi connectivity index (χ1) is 6.52. The van der Waals surface area contributed by atoms with Gasteiger partial charge in [-0.05, 0) is 19.4 Å². The van der Waals surface area contributed by atoms with Gasteiger partial charge in [0.1, 0.15) is 0 Å². The highest BCUT2D eigenvalue weighted by Crippen LogP contribution is 2.33. The van der Waals surface area contributed by atoms with E-state index in [0.717, 1.165) is 5.57 Å². The van der Waals surface area contributed by atoms with Crippen molar-refractivity contribution in [3.63, 3.8) is 0 Å². The molecule has 0 aliphatic rings. The Kier molecular flexibility index (Phi) is 3.14. The van der Waals surface area contributed by atoms with Gasteiger partial charge in [0.2, 0.25) is 0 Å². The first-order valence-electron chi connectivity index (χ1n) is 4.43. The van der Waals surface area contributed by atoms with Crippen molar-refractivity contribution in [3.8, 4) is 11.5 Å². The maximum absolute atomic E-state index is 9.52. The Morgan fingerprint density at radius 1 is 1.50 bits per heavy atom. The highest BCUT2D eigenvalue weighted by atomic mass is 16.3. The van der Waals surface area contributed by atoms with Crippen molar-refractivity contribution in [2.75, 3.05) is 0 Å². The van der Waals surface area contributed by atoms with Crippen LogP contribution in [0.15, 0.2) is 30.4 Å². The normalized spacial score (nSPS) is 12.4. The molecule has 4 N–H and O–H groups in total. The Morgan fingerprint density at radius 2 is 2.14 bits per heavy atom. The first kappa shape index (κ1) is 10.6. The highest BCUT2D eigenvalue weighted by Gasteiger charge is 2.13. The monoisotopic (exact) mass is 193 g/mol. The van der Waals surface area contributed by atoms with Crippen LogP contribution in [0, 0.1) is 0 Å².